The molecule has 2 heterocycles. The fourth-order valence-electron chi connectivity index (χ4n) is 2.56. The molecule has 8 heteroatoms. The van der Waals surface area contributed by atoms with Crippen LogP contribution in [0.15, 0.2) is 30.5 Å². The molecular weight excluding hydrogens is 343 g/mol. The molecule has 0 aliphatic rings. The van der Waals surface area contributed by atoms with Gasteiger partial charge in [-0.15, -0.1) is 11.3 Å². The minimum atomic E-state index is -0.516. The summed E-state index contributed by atoms with van der Waals surface area (Å²) in [4.78, 5) is 17.0. The van der Waals surface area contributed by atoms with Gasteiger partial charge in [0.25, 0.3) is 0 Å². The third-order valence-electron chi connectivity index (χ3n) is 4.00. The molecule has 0 fully saturated rings. The fourth-order valence-corrected chi connectivity index (χ4v) is 3.70. The third kappa shape index (κ3) is 3.59. The zero-order valence-corrected chi connectivity index (χ0v) is 14.6. The molecular formula is C17H17FN4O2S. The molecule has 0 radical (unpaired) electrons. The lowest BCUT2D eigenvalue weighted by molar-refractivity contribution is -0.128. The van der Waals surface area contributed by atoms with Gasteiger partial charge in [0.2, 0.25) is 5.91 Å². The van der Waals surface area contributed by atoms with Crippen LogP contribution in [0.4, 0.5) is 4.39 Å². The number of halogens is 1. The number of amides is 1. The van der Waals surface area contributed by atoms with Crippen LogP contribution in [0.5, 0.6) is 0 Å². The molecule has 0 saturated heterocycles. The lowest BCUT2D eigenvalue weighted by Crippen LogP contribution is -2.20. The summed E-state index contributed by atoms with van der Waals surface area (Å²) < 4.78 is 15.5. The molecule has 1 amide bonds. The number of hydrogen-bond donors (Lipinski definition) is 2. The number of hydroxylamine groups is 1. The van der Waals surface area contributed by atoms with E-state index in [9.17, 15) is 9.18 Å². The molecule has 2 N–H and O–H groups in total. The van der Waals surface area contributed by atoms with Gasteiger partial charge in [0.05, 0.1) is 17.8 Å². The minimum absolute atomic E-state index is 0.00964. The zero-order valence-electron chi connectivity index (χ0n) is 13.8. The Balaban J connectivity index is 2.01. The van der Waals surface area contributed by atoms with Gasteiger partial charge in [-0.05, 0) is 30.2 Å². The van der Waals surface area contributed by atoms with Crippen LogP contribution in [0.2, 0.25) is 0 Å². The lowest BCUT2D eigenvalue weighted by Gasteiger charge is -2.06. The number of aryl methyl sites for hydroxylation is 1. The SMILES string of the molecule is Cc1c(F)cccc1Cc1nc(-c2ccnn2C)sc1CC(=O)NO. The van der Waals surface area contributed by atoms with E-state index < -0.39 is 5.91 Å². The van der Waals surface area contributed by atoms with Gasteiger partial charge in [-0.1, -0.05) is 12.1 Å². The van der Waals surface area contributed by atoms with Crippen LogP contribution in [-0.2, 0) is 24.7 Å². The Kier molecular flexibility index (Phi) is 4.91. The quantitative estimate of drug-likeness (QED) is 0.541. The van der Waals surface area contributed by atoms with Crippen LogP contribution in [0.25, 0.3) is 10.7 Å². The molecule has 25 heavy (non-hydrogen) atoms. The molecule has 3 rings (SSSR count). The molecule has 0 aliphatic carbocycles. The largest absolute Gasteiger partial charge is 0.289 e. The van der Waals surface area contributed by atoms with E-state index >= 15 is 0 Å². The molecule has 130 valence electrons. The van der Waals surface area contributed by atoms with E-state index in [-0.39, 0.29) is 12.2 Å². The van der Waals surface area contributed by atoms with Crippen LogP contribution >= 0.6 is 11.3 Å². The highest BCUT2D eigenvalue weighted by Gasteiger charge is 2.18. The number of aromatic nitrogens is 3. The number of carbonyl (C=O) groups is 1. The number of hydrogen-bond acceptors (Lipinski definition) is 5. The van der Waals surface area contributed by atoms with Crippen LogP contribution in [0, 0.1) is 12.7 Å². The van der Waals surface area contributed by atoms with Crippen molar-refractivity contribution in [2.75, 3.05) is 0 Å². The molecule has 0 aliphatic heterocycles. The second-order valence-electron chi connectivity index (χ2n) is 5.64. The van der Waals surface area contributed by atoms with E-state index in [4.69, 9.17) is 5.21 Å². The predicted molar refractivity (Wildman–Crippen MR) is 91.9 cm³/mol. The van der Waals surface area contributed by atoms with E-state index in [1.807, 2.05) is 19.2 Å². The number of nitrogens with one attached hydrogen (secondary N) is 1. The summed E-state index contributed by atoms with van der Waals surface area (Å²) in [5.41, 5.74) is 4.54. The molecule has 0 atom stereocenters. The smallest absolute Gasteiger partial charge is 0.248 e. The normalized spacial score (nSPS) is 10.9. The van der Waals surface area contributed by atoms with E-state index in [1.165, 1.54) is 17.4 Å². The highest BCUT2D eigenvalue weighted by molar-refractivity contribution is 7.15. The standard InChI is InChI=1S/C17H17FN4O2S/c1-10-11(4-3-5-12(10)18)8-13-15(9-16(23)21-24)25-17(20-13)14-6-7-19-22(14)2/h3-7,24H,8-9H2,1-2H3,(H,21,23). The Hall–Kier alpha value is -2.58. The molecule has 0 spiro atoms. The second-order valence-corrected chi connectivity index (χ2v) is 6.73. The third-order valence-corrected chi connectivity index (χ3v) is 5.12. The summed E-state index contributed by atoms with van der Waals surface area (Å²) in [5, 5.41) is 13.7. The molecule has 0 saturated carbocycles. The topological polar surface area (TPSA) is 80.0 Å². The number of carbonyl (C=O) groups excluding carboxylic acids is 1. The summed E-state index contributed by atoms with van der Waals surface area (Å²) >= 11 is 1.37. The maximum atomic E-state index is 13.8. The zero-order chi connectivity index (χ0) is 18.0. The molecule has 6 nitrogen and oxygen atoms in total. The summed E-state index contributed by atoms with van der Waals surface area (Å²) in [6.07, 6.45) is 2.09. The molecule has 3 aromatic rings. The first-order valence-corrected chi connectivity index (χ1v) is 8.45. The number of nitrogens with zero attached hydrogens (tertiary/aromatic N) is 3. The summed E-state index contributed by atoms with van der Waals surface area (Å²) in [6.45, 7) is 1.72. The van der Waals surface area contributed by atoms with Gasteiger partial charge in [0.15, 0.2) is 0 Å². The predicted octanol–water partition coefficient (Wildman–Crippen LogP) is 2.63. The van der Waals surface area contributed by atoms with Gasteiger partial charge in [0.1, 0.15) is 10.8 Å². The van der Waals surface area contributed by atoms with Crippen molar-refractivity contribution in [3.8, 4) is 10.7 Å². The van der Waals surface area contributed by atoms with E-state index in [1.54, 1.807) is 29.3 Å². The van der Waals surface area contributed by atoms with Gasteiger partial charge < -0.3 is 0 Å². The van der Waals surface area contributed by atoms with Gasteiger partial charge in [-0.25, -0.2) is 14.9 Å². The molecule has 2 aromatic heterocycles. The Morgan fingerprint density at radius 2 is 2.20 bits per heavy atom. The maximum Gasteiger partial charge on any atom is 0.248 e. The number of thiazole rings is 1. The lowest BCUT2D eigenvalue weighted by atomic mass is 10.0. The summed E-state index contributed by atoms with van der Waals surface area (Å²) in [5.74, 6) is -0.786. The van der Waals surface area contributed by atoms with Crippen molar-refractivity contribution >= 4 is 17.2 Å². The van der Waals surface area contributed by atoms with Crippen molar-refractivity contribution < 1.29 is 14.4 Å². The highest BCUT2D eigenvalue weighted by Crippen LogP contribution is 2.30. The Bertz CT molecular complexity index is 919. The van der Waals surface area contributed by atoms with Gasteiger partial charge >= 0.3 is 0 Å². The fraction of sp³-hybridized carbons (Fsp3) is 0.235. The van der Waals surface area contributed by atoms with Crippen LogP contribution < -0.4 is 5.48 Å². The minimum Gasteiger partial charge on any atom is -0.289 e. The average Bonchev–Trinajstić information content (AvgIpc) is 3.18. The Morgan fingerprint density at radius 3 is 2.88 bits per heavy atom. The van der Waals surface area contributed by atoms with Gasteiger partial charge in [-0.2, -0.15) is 5.10 Å². The first kappa shape index (κ1) is 17.2. The van der Waals surface area contributed by atoms with E-state index in [0.717, 1.165) is 21.1 Å². The summed E-state index contributed by atoms with van der Waals surface area (Å²) in [7, 11) is 1.81. The maximum absolute atomic E-state index is 13.8. The van der Waals surface area contributed by atoms with Crippen molar-refractivity contribution in [3.05, 3.63) is 58.0 Å². The molecule has 0 unspecified atom stereocenters. The number of rotatable bonds is 5. The Morgan fingerprint density at radius 1 is 1.40 bits per heavy atom. The van der Waals surface area contributed by atoms with E-state index in [0.29, 0.717) is 17.7 Å². The van der Waals surface area contributed by atoms with Crippen LogP contribution in [0.3, 0.4) is 0 Å². The van der Waals surface area contributed by atoms with Crippen LogP contribution in [-0.4, -0.2) is 25.9 Å². The first-order valence-electron chi connectivity index (χ1n) is 7.63. The monoisotopic (exact) mass is 360 g/mol. The van der Waals surface area contributed by atoms with Gasteiger partial charge in [-0.3, -0.25) is 14.7 Å². The van der Waals surface area contributed by atoms with Crippen molar-refractivity contribution in [1.82, 2.24) is 20.2 Å². The van der Waals surface area contributed by atoms with Crippen molar-refractivity contribution in [2.24, 2.45) is 7.05 Å². The second kappa shape index (κ2) is 7.12. The van der Waals surface area contributed by atoms with Gasteiger partial charge in [0, 0.05) is 24.5 Å². The Labute approximate surface area is 147 Å². The molecule has 1 aromatic carbocycles. The van der Waals surface area contributed by atoms with Crippen molar-refractivity contribution in [1.29, 1.82) is 0 Å². The average molecular weight is 360 g/mol. The first-order chi connectivity index (χ1) is 12.0. The van der Waals surface area contributed by atoms with Crippen molar-refractivity contribution in [3.63, 3.8) is 0 Å². The number of benzene rings is 1. The summed E-state index contributed by atoms with van der Waals surface area (Å²) in [6, 6.07) is 6.76. The molecule has 0 bridgehead atoms. The van der Waals surface area contributed by atoms with E-state index in [2.05, 4.69) is 10.1 Å². The highest BCUT2D eigenvalue weighted by atomic mass is 32.1. The van der Waals surface area contributed by atoms with Crippen molar-refractivity contribution in [2.45, 2.75) is 19.8 Å². The van der Waals surface area contributed by atoms with Crippen LogP contribution in [0.1, 0.15) is 21.7 Å².